The Labute approximate surface area is 173 Å². The molecule has 4 nitrogen and oxygen atoms in total. The molecule has 2 atom stereocenters. The van der Waals surface area contributed by atoms with E-state index in [2.05, 4.69) is 13.0 Å². The van der Waals surface area contributed by atoms with E-state index in [-0.39, 0.29) is 18.2 Å². The first-order valence-electron chi connectivity index (χ1n) is 11.7. The highest BCUT2D eigenvalue weighted by Crippen LogP contribution is 2.31. The van der Waals surface area contributed by atoms with Crippen molar-refractivity contribution < 1.29 is 14.3 Å². The third-order valence-corrected chi connectivity index (χ3v) is 5.73. The van der Waals surface area contributed by atoms with E-state index in [0.717, 1.165) is 6.42 Å². The summed E-state index contributed by atoms with van der Waals surface area (Å²) in [5, 5.41) is 0. The Bertz CT molecular complexity index is 495. The first kappa shape index (κ1) is 23.3. The number of amides is 1. The van der Waals surface area contributed by atoms with Gasteiger partial charge in [-0.1, -0.05) is 76.4 Å². The van der Waals surface area contributed by atoms with Gasteiger partial charge in [0.2, 0.25) is 0 Å². The highest BCUT2D eigenvalue weighted by molar-refractivity contribution is 5.70. The highest BCUT2D eigenvalue weighted by Gasteiger charge is 2.39. The van der Waals surface area contributed by atoms with Crippen LogP contribution in [0, 0.1) is 0 Å². The Morgan fingerprint density at radius 2 is 1.64 bits per heavy atom. The van der Waals surface area contributed by atoms with Crippen molar-refractivity contribution in [2.45, 2.75) is 122 Å². The zero-order valence-electron chi connectivity index (χ0n) is 18.8. The normalized spacial score (nSPS) is 22.1. The number of carbonyl (C=O) groups is 1. The number of unbranched alkanes of at least 4 members (excludes halogenated alkanes) is 9. The van der Waals surface area contributed by atoms with E-state index in [0.29, 0.717) is 13.2 Å². The molecule has 0 radical (unpaired) electrons. The molecule has 4 heteroatoms. The van der Waals surface area contributed by atoms with Gasteiger partial charge in [0.1, 0.15) is 5.60 Å². The molecule has 2 aliphatic heterocycles. The largest absolute Gasteiger partial charge is 0.444 e. The van der Waals surface area contributed by atoms with Gasteiger partial charge >= 0.3 is 6.09 Å². The molecule has 2 bridgehead atoms. The molecule has 0 aromatic rings. The predicted octanol–water partition coefficient (Wildman–Crippen LogP) is 6.63. The fourth-order valence-electron chi connectivity index (χ4n) is 4.31. The molecule has 1 fully saturated rings. The van der Waals surface area contributed by atoms with Crippen molar-refractivity contribution in [3.8, 4) is 0 Å². The van der Waals surface area contributed by atoms with Crippen LogP contribution < -0.4 is 0 Å². The van der Waals surface area contributed by atoms with Crippen LogP contribution in [0.4, 0.5) is 4.79 Å². The summed E-state index contributed by atoms with van der Waals surface area (Å²) in [7, 11) is 0. The summed E-state index contributed by atoms with van der Waals surface area (Å²) in [5.41, 5.74) is 1.06. The van der Waals surface area contributed by atoms with Gasteiger partial charge in [-0.15, -0.1) is 0 Å². The molecule has 162 valence electrons. The summed E-state index contributed by atoms with van der Waals surface area (Å²) < 4.78 is 11.3. The topological polar surface area (TPSA) is 38.8 Å². The van der Waals surface area contributed by atoms with Crippen LogP contribution in [0.2, 0.25) is 0 Å². The first-order chi connectivity index (χ1) is 13.4. The monoisotopic (exact) mass is 393 g/mol. The second-order valence-electron chi connectivity index (χ2n) is 9.61. The van der Waals surface area contributed by atoms with E-state index in [1.807, 2.05) is 25.7 Å². The number of fused-ring (bicyclic) bond motifs is 2. The lowest BCUT2D eigenvalue weighted by Gasteiger charge is -2.44. The maximum absolute atomic E-state index is 12.6. The van der Waals surface area contributed by atoms with Gasteiger partial charge in [0.25, 0.3) is 0 Å². The molecule has 0 aromatic carbocycles. The van der Waals surface area contributed by atoms with Gasteiger partial charge in [0.05, 0.1) is 25.3 Å². The Kier molecular flexibility index (Phi) is 9.84. The maximum atomic E-state index is 12.6. The maximum Gasteiger partial charge on any atom is 0.411 e. The smallest absolute Gasteiger partial charge is 0.411 e. The van der Waals surface area contributed by atoms with E-state index < -0.39 is 5.60 Å². The average molecular weight is 394 g/mol. The number of rotatable bonds is 11. The molecule has 0 saturated carbocycles. The third kappa shape index (κ3) is 8.14. The lowest BCUT2D eigenvalue weighted by atomic mass is 9.91. The van der Waals surface area contributed by atoms with Crippen molar-refractivity contribution in [2.75, 3.05) is 13.2 Å². The van der Waals surface area contributed by atoms with Crippen LogP contribution in [0.15, 0.2) is 11.6 Å². The number of ether oxygens (including phenoxy) is 2. The van der Waals surface area contributed by atoms with Crippen LogP contribution in [0.25, 0.3) is 0 Å². The van der Waals surface area contributed by atoms with E-state index in [1.165, 1.54) is 76.2 Å². The first-order valence-corrected chi connectivity index (χ1v) is 11.7. The SMILES string of the molecule is CCCCCCCCCCCCC1=CC2COCC(C1)N2C(=O)OC(C)(C)C. The number of morpholine rings is 1. The second-order valence-corrected chi connectivity index (χ2v) is 9.61. The molecule has 2 heterocycles. The lowest BCUT2D eigenvalue weighted by molar-refractivity contribution is -0.0538. The van der Waals surface area contributed by atoms with Crippen molar-refractivity contribution in [3.05, 3.63) is 11.6 Å². The van der Waals surface area contributed by atoms with Gasteiger partial charge in [-0.2, -0.15) is 0 Å². The van der Waals surface area contributed by atoms with Gasteiger partial charge in [-0.25, -0.2) is 4.79 Å². The summed E-state index contributed by atoms with van der Waals surface area (Å²) >= 11 is 0. The lowest BCUT2D eigenvalue weighted by Crippen LogP contribution is -2.57. The Morgan fingerprint density at radius 1 is 1.04 bits per heavy atom. The zero-order chi connectivity index (χ0) is 20.4. The van der Waals surface area contributed by atoms with E-state index in [4.69, 9.17) is 9.47 Å². The quantitative estimate of drug-likeness (QED) is 0.292. The van der Waals surface area contributed by atoms with Crippen molar-refractivity contribution in [1.82, 2.24) is 4.90 Å². The molecule has 2 unspecified atom stereocenters. The number of hydrogen-bond acceptors (Lipinski definition) is 3. The van der Waals surface area contributed by atoms with E-state index >= 15 is 0 Å². The Balaban J connectivity index is 1.67. The van der Waals surface area contributed by atoms with Crippen LogP contribution in [0.3, 0.4) is 0 Å². The minimum atomic E-state index is -0.452. The number of nitrogens with zero attached hydrogens (tertiary/aromatic N) is 1. The fraction of sp³-hybridized carbons (Fsp3) is 0.875. The minimum Gasteiger partial charge on any atom is -0.444 e. The molecule has 0 spiro atoms. The van der Waals surface area contributed by atoms with E-state index in [1.54, 1.807) is 0 Å². The van der Waals surface area contributed by atoms with Crippen molar-refractivity contribution >= 4 is 6.09 Å². The molecule has 0 N–H and O–H groups in total. The zero-order valence-corrected chi connectivity index (χ0v) is 18.8. The van der Waals surface area contributed by atoms with Crippen LogP contribution in [-0.2, 0) is 9.47 Å². The van der Waals surface area contributed by atoms with Crippen molar-refractivity contribution in [1.29, 1.82) is 0 Å². The highest BCUT2D eigenvalue weighted by atomic mass is 16.6. The molecule has 2 aliphatic rings. The van der Waals surface area contributed by atoms with Gasteiger partial charge in [-0.05, 0) is 40.0 Å². The molecule has 1 saturated heterocycles. The van der Waals surface area contributed by atoms with Gasteiger partial charge in [-0.3, -0.25) is 4.90 Å². The Morgan fingerprint density at radius 3 is 2.21 bits per heavy atom. The minimum absolute atomic E-state index is 0.0421. The standard InChI is InChI=1S/C24H43NO3/c1-5-6-7-8-9-10-11-12-13-14-15-20-16-21-18-27-19-22(17-20)25(21)23(26)28-24(2,3)4/h16,21-22H,5-15,17-19H2,1-4H3. The third-order valence-electron chi connectivity index (χ3n) is 5.73. The van der Waals surface area contributed by atoms with Gasteiger partial charge < -0.3 is 9.47 Å². The summed E-state index contributed by atoms with van der Waals surface area (Å²) in [6.07, 6.45) is 17.9. The van der Waals surface area contributed by atoms with Crippen molar-refractivity contribution in [2.24, 2.45) is 0 Å². The van der Waals surface area contributed by atoms with Gasteiger partial charge in [0, 0.05) is 0 Å². The molecular formula is C24H43NO3. The van der Waals surface area contributed by atoms with Crippen LogP contribution >= 0.6 is 0 Å². The average Bonchev–Trinajstić information content (AvgIpc) is 2.61. The molecular weight excluding hydrogens is 350 g/mol. The molecule has 0 aromatic heterocycles. The van der Waals surface area contributed by atoms with E-state index in [9.17, 15) is 4.79 Å². The summed E-state index contributed by atoms with van der Waals surface area (Å²) in [6, 6.07) is 0.178. The summed E-state index contributed by atoms with van der Waals surface area (Å²) in [6.45, 7) is 9.27. The predicted molar refractivity (Wildman–Crippen MR) is 116 cm³/mol. The second kappa shape index (κ2) is 11.8. The molecule has 28 heavy (non-hydrogen) atoms. The molecule has 2 rings (SSSR count). The molecule has 1 amide bonds. The summed E-state index contributed by atoms with van der Waals surface area (Å²) in [5.74, 6) is 0. The summed E-state index contributed by atoms with van der Waals surface area (Å²) in [4.78, 5) is 14.5. The van der Waals surface area contributed by atoms with Crippen molar-refractivity contribution in [3.63, 3.8) is 0 Å². The Hall–Kier alpha value is -1.03. The fourth-order valence-corrected chi connectivity index (χ4v) is 4.31. The van der Waals surface area contributed by atoms with Crippen LogP contribution in [0.1, 0.15) is 105 Å². The number of carbonyl (C=O) groups excluding carboxylic acids is 1. The van der Waals surface area contributed by atoms with Crippen LogP contribution in [-0.4, -0.2) is 41.9 Å². The van der Waals surface area contributed by atoms with Crippen LogP contribution in [0.5, 0.6) is 0 Å². The van der Waals surface area contributed by atoms with Gasteiger partial charge in [0.15, 0.2) is 0 Å². The number of hydrogen-bond donors (Lipinski definition) is 0. The molecule has 0 aliphatic carbocycles.